The maximum atomic E-state index is 12.9. The fourth-order valence-electron chi connectivity index (χ4n) is 4.38. The van der Waals surface area contributed by atoms with Crippen LogP contribution in [0.2, 0.25) is 10.0 Å². The predicted octanol–water partition coefficient (Wildman–Crippen LogP) is 5.81. The first-order valence-corrected chi connectivity index (χ1v) is 13.4. The predicted molar refractivity (Wildman–Crippen MR) is 156 cm³/mol. The highest BCUT2D eigenvalue weighted by Crippen LogP contribution is 2.30. The van der Waals surface area contributed by atoms with Crippen LogP contribution in [0.1, 0.15) is 5.56 Å². The number of anilines is 2. The number of halogens is 2. The van der Waals surface area contributed by atoms with Gasteiger partial charge < -0.3 is 15.1 Å². The lowest BCUT2D eigenvalue weighted by Crippen LogP contribution is -2.47. The maximum Gasteiger partial charge on any atom is 0.324 e. The van der Waals surface area contributed by atoms with Gasteiger partial charge in [-0.05, 0) is 36.9 Å². The van der Waals surface area contributed by atoms with Crippen molar-refractivity contribution in [1.29, 1.82) is 0 Å². The minimum atomic E-state index is -0.491. The number of carbonyl (C=O) groups is 2. The molecule has 4 aromatic rings. The smallest absolute Gasteiger partial charge is 0.324 e. The lowest BCUT2D eigenvalue weighted by Gasteiger charge is -2.32. The number of rotatable bonds is 6. The summed E-state index contributed by atoms with van der Waals surface area (Å²) in [4.78, 5) is 29.8. The van der Waals surface area contributed by atoms with Crippen LogP contribution in [-0.2, 0) is 11.2 Å². The van der Waals surface area contributed by atoms with Gasteiger partial charge in [0, 0.05) is 37.8 Å². The first-order valence-electron chi connectivity index (χ1n) is 12.6. The summed E-state index contributed by atoms with van der Waals surface area (Å²) in [6, 6.07) is 23.7. The molecule has 3 amide bonds. The van der Waals surface area contributed by atoms with Gasteiger partial charge in [0.25, 0.3) is 0 Å². The minimum absolute atomic E-state index is 0.125. The molecule has 0 saturated carbocycles. The van der Waals surface area contributed by atoms with E-state index in [1.165, 1.54) is 0 Å². The molecule has 0 unspecified atom stereocenters. The molecule has 1 aromatic heterocycles. The van der Waals surface area contributed by atoms with E-state index in [9.17, 15) is 9.59 Å². The zero-order valence-electron chi connectivity index (χ0n) is 21.4. The molecule has 3 aromatic carbocycles. The van der Waals surface area contributed by atoms with Crippen molar-refractivity contribution in [3.63, 3.8) is 0 Å². The van der Waals surface area contributed by atoms with Gasteiger partial charge in [0.15, 0.2) is 0 Å². The van der Waals surface area contributed by atoms with Gasteiger partial charge in [-0.25, -0.2) is 9.48 Å². The Morgan fingerprint density at radius 3 is 2.31 bits per heavy atom. The quantitative estimate of drug-likeness (QED) is 0.311. The normalized spacial score (nSPS) is 13.8. The summed E-state index contributed by atoms with van der Waals surface area (Å²) in [7, 11) is 2.07. The monoisotopic (exact) mass is 562 g/mol. The summed E-state index contributed by atoms with van der Waals surface area (Å²) in [5, 5.41) is 11.0. The van der Waals surface area contributed by atoms with E-state index in [0.29, 0.717) is 28.6 Å². The number of nitrogens with one attached hydrogen (secondary N) is 2. The molecule has 0 bridgehead atoms. The van der Waals surface area contributed by atoms with Crippen LogP contribution in [0.4, 0.5) is 16.3 Å². The highest BCUT2D eigenvalue weighted by molar-refractivity contribution is 6.44. The summed E-state index contributed by atoms with van der Waals surface area (Å²) < 4.78 is 1.66. The van der Waals surface area contributed by atoms with E-state index in [1.807, 2.05) is 59.5 Å². The Hall–Kier alpha value is -3.85. The minimum Gasteiger partial charge on any atom is -0.340 e. The van der Waals surface area contributed by atoms with E-state index in [2.05, 4.69) is 22.6 Å². The summed E-state index contributed by atoms with van der Waals surface area (Å²) in [6.45, 7) is 3.28. The molecule has 0 aliphatic carbocycles. The van der Waals surface area contributed by atoms with E-state index in [4.69, 9.17) is 28.3 Å². The van der Waals surface area contributed by atoms with Gasteiger partial charge in [0.05, 0.1) is 33.5 Å². The third kappa shape index (κ3) is 6.42. The molecule has 0 spiro atoms. The summed E-state index contributed by atoms with van der Waals surface area (Å²) >= 11 is 12.3. The lowest BCUT2D eigenvalue weighted by molar-refractivity contribution is -0.132. The van der Waals surface area contributed by atoms with Crippen LogP contribution in [0.25, 0.3) is 16.9 Å². The highest BCUT2D eigenvalue weighted by Gasteiger charge is 2.20. The summed E-state index contributed by atoms with van der Waals surface area (Å²) in [5.41, 5.74) is 3.66. The number of benzene rings is 3. The first-order chi connectivity index (χ1) is 18.9. The Morgan fingerprint density at radius 2 is 1.59 bits per heavy atom. The van der Waals surface area contributed by atoms with Crippen molar-refractivity contribution in [3.8, 4) is 16.9 Å². The van der Waals surface area contributed by atoms with Crippen LogP contribution >= 0.6 is 23.2 Å². The van der Waals surface area contributed by atoms with Gasteiger partial charge in [0.1, 0.15) is 5.82 Å². The third-order valence-electron chi connectivity index (χ3n) is 6.61. The molecular formula is C29H28Cl2N6O2. The Morgan fingerprint density at radius 1 is 0.872 bits per heavy atom. The average Bonchev–Trinajstić information content (AvgIpc) is 3.36. The van der Waals surface area contributed by atoms with Gasteiger partial charge >= 0.3 is 6.03 Å². The van der Waals surface area contributed by atoms with E-state index in [-0.39, 0.29) is 10.9 Å². The van der Waals surface area contributed by atoms with Crippen LogP contribution in [0.5, 0.6) is 0 Å². The van der Waals surface area contributed by atoms with Crippen LogP contribution in [0.15, 0.2) is 78.9 Å². The zero-order chi connectivity index (χ0) is 27.4. The molecule has 39 heavy (non-hydrogen) atoms. The van der Waals surface area contributed by atoms with Crippen LogP contribution in [0, 0.1) is 0 Å². The largest absolute Gasteiger partial charge is 0.340 e. The molecule has 1 saturated heterocycles. The Bertz CT molecular complexity index is 1470. The van der Waals surface area contributed by atoms with Crippen molar-refractivity contribution in [2.45, 2.75) is 6.42 Å². The van der Waals surface area contributed by atoms with Crippen molar-refractivity contribution < 1.29 is 9.59 Å². The SMILES string of the molecule is CN1CCN(C(=O)Cc2ccc(-n3nc(-c4ccccc4)cc3NC(=O)Nc3cccc(Cl)c3Cl)cc2)CC1. The molecule has 2 N–H and O–H groups in total. The van der Waals surface area contributed by atoms with Crippen molar-refractivity contribution in [3.05, 3.63) is 94.5 Å². The molecular weight excluding hydrogens is 535 g/mol. The number of aromatic nitrogens is 2. The maximum absolute atomic E-state index is 12.9. The van der Waals surface area contributed by atoms with Crippen LogP contribution in [0.3, 0.4) is 0 Å². The number of hydrogen-bond donors (Lipinski definition) is 2. The molecule has 0 atom stereocenters. The van der Waals surface area contributed by atoms with E-state index in [1.54, 1.807) is 28.9 Å². The van der Waals surface area contributed by atoms with Crippen LogP contribution in [-0.4, -0.2) is 64.7 Å². The number of piperazine rings is 1. The second-order valence-corrected chi connectivity index (χ2v) is 10.2. The number of hydrogen-bond acceptors (Lipinski definition) is 4. The Balaban J connectivity index is 1.36. The Kier molecular flexibility index (Phi) is 8.16. The van der Waals surface area contributed by atoms with Gasteiger partial charge in [-0.1, -0.05) is 71.7 Å². The van der Waals surface area contributed by atoms with E-state index in [0.717, 1.165) is 43.0 Å². The molecule has 8 nitrogen and oxygen atoms in total. The molecule has 0 radical (unpaired) electrons. The molecule has 1 aliphatic heterocycles. The van der Waals surface area contributed by atoms with Crippen molar-refractivity contribution in [2.75, 3.05) is 43.9 Å². The number of nitrogens with zero attached hydrogens (tertiary/aromatic N) is 4. The molecule has 1 aliphatic rings. The molecule has 1 fully saturated rings. The van der Waals surface area contributed by atoms with E-state index >= 15 is 0 Å². The number of amides is 3. The lowest BCUT2D eigenvalue weighted by atomic mass is 10.1. The molecule has 10 heteroatoms. The second-order valence-electron chi connectivity index (χ2n) is 9.40. The molecule has 5 rings (SSSR count). The van der Waals surface area contributed by atoms with Crippen LogP contribution < -0.4 is 10.6 Å². The topological polar surface area (TPSA) is 82.5 Å². The number of likely N-dealkylation sites (N-methyl/N-ethyl adjacent to an activating group) is 1. The fraction of sp³-hybridized carbons (Fsp3) is 0.207. The van der Waals surface area contributed by atoms with Gasteiger partial charge in [0.2, 0.25) is 5.91 Å². The fourth-order valence-corrected chi connectivity index (χ4v) is 4.73. The molecule has 2 heterocycles. The van der Waals surface area contributed by atoms with Crippen molar-refractivity contribution in [2.24, 2.45) is 0 Å². The van der Waals surface area contributed by atoms with Crippen molar-refractivity contribution >= 4 is 46.6 Å². The average molecular weight is 563 g/mol. The summed E-state index contributed by atoms with van der Waals surface area (Å²) in [5.74, 6) is 0.589. The van der Waals surface area contributed by atoms with Gasteiger partial charge in [-0.3, -0.25) is 10.1 Å². The molecule has 200 valence electrons. The Labute approximate surface area is 237 Å². The number of urea groups is 1. The first kappa shape index (κ1) is 26.7. The van der Waals surface area contributed by atoms with Gasteiger partial charge in [-0.2, -0.15) is 5.10 Å². The van der Waals surface area contributed by atoms with Gasteiger partial charge in [-0.15, -0.1) is 0 Å². The second kappa shape index (κ2) is 11.9. The standard InChI is InChI=1S/C29H28Cl2N6O2/c1-35-14-16-36(17-15-35)27(38)18-20-10-12-22(13-11-20)37-26(19-25(34-37)21-6-3-2-4-7-21)33-29(39)32-24-9-5-8-23(30)28(24)31/h2-13,19H,14-18H2,1H3,(H2,32,33,39). The highest BCUT2D eigenvalue weighted by atomic mass is 35.5. The van der Waals surface area contributed by atoms with E-state index < -0.39 is 6.03 Å². The zero-order valence-corrected chi connectivity index (χ0v) is 22.9. The van der Waals surface area contributed by atoms with Crippen molar-refractivity contribution in [1.82, 2.24) is 19.6 Å². The summed E-state index contributed by atoms with van der Waals surface area (Å²) in [6.07, 6.45) is 0.340. The number of carbonyl (C=O) groups excluding carboxylic acids is 2. The third-order valence-corrected chi connectivity index (χ3v) is 7.43.